The number of para-hydroxylation sites is 1. The molecule has 5 nitrogen and oxygen atoms in total. The van der Waals surface area contributed by atoms with E-state index in [-0.39, 0.29) is 0 Å². The van der Waals surface area contributed by atoms with Gasteiger partial charge in [0.1, 0.15) is 11.2 Å². The molecule has 0 amide bonds. The van der Waals surface area contributed by atoms with Crippen LogP contribution in [0.2, 0.25) is 0 Å². The van der Waals surface area contributed by atoms with E-state index < -0.39 is 0 Å². The van der Waals surface area contributed by atoms with E-state index in [1.54, 1.807) is 0 Å². The second kappa shape index (κ2) is 7.11. The quantitative estimate of drug-likeness (QED) is 0.779. The summed E-state index contributed by atoms with van der Waals surface area (Å²) in [4.78, 5) is 0. The minimum absolute atomic E-state index is 0.641. The van der Waals surface area contributed by atoms with Crippen molar-refractivity contribution in [2.24, 2.45) is 0 Å². The molecule has 1 aliphatic heterocycles. The van der Waals surface area contributed by atoms with Gasteiger partial charge in [0.25, 0.3) is 0 Å². The number of allylic oxidation sites excluding steroid dienone is 1. The second-order valence-corrected chi connectivity index (χ2v) is 6.29. The molecule has 0 bridgehead atoms. The van der Waals surface area contributed by atoms with Gasteiger partial charge in [0, 0.05) is 34.6 Å². The number of ether oxygens (including phenoxy) is 1. The van der Waals surface area contributed by atoms with E-state index in [4.69, 9.17) is 4.74 Å². The smallest absolute Gasteiger partial charge is 0.164 e. The maximum atomic E-state index is 5.66. The molecular formula is C22H22N4O. The van der Waals surface area contributed by atoms with Crippen LogP contribution in [0.25, 0.3) is 17.8 Å². The summed E-state index contributed by atoms with van der Waals surface area (Å²) >= 11 is 0. The Morgan fingerprint density at radius 3 is 2.74 bits per heavy atom. The molecule has 4 rings (SSSR count). The molecule has 27 heavy (non-hydrogen) atoms. The summed E-state index contributed by atoms with van der Waals surface area (Å²) in [5.41, 5.74) is 6.74. The maximum Gasteiger partial charge on any atom is 0.164 e. The number of nitrogens with zero attached hydrogens (tertiary/aromatic N) is 3. The fourth-order valence-corrected chi connectivity index (χ4v) is 3.36. The number of fused-ring (bicyclic) bond motifs is 1. The second-order valence-electron chi connectivity index (χ2n) is 6.29. The summed E-state index contributed by atoms with van der Waals surface area (Å²) in [7, 11) is 0. The lowest BCUT2D eigenvalue weighted by Crippen LogP contribution is -2.29. The SMILES string of the molecule is C=c1nnc(=C2C=C(c3cccc(OCC)c3)Nc3ccccc32)n1CC. The van der Waals surface area contributed by atoms with Crippen molar-refractivity contribution < 1.29 is 4.74 Å². The van der Waals surface area contributed by atoms with E-state index in [0.717, 1.165) is 45.9 Å². The lowest BCUT2D eigenvalue weighted by Gasteiger charge is -2.22. The highest BCUT2D eigenvalue weighted by Crippen LogP contribution is 2.33. The summed E-state index contributed by atoms with van der Waals surface area (Å²) in [5.74, 6) is 0.856. The molecule has 0 atom stereocenters. The Balaban J connectivity index is 1.95. The Morgan fingerprint density at radius 2 is 1.93 bits per heavy atom. The summed E-state index contributed by atoms with van der Waals surface area (Å²) in [6, 6.07) is 16.3. The van der Waals surface area contributed by atoms with Crippen molar-refractivity contribution in [3.63, 3.8) is 0 Å². The van der Waals surface area contributed by atoms with Crippen LogP contribution in [0.1, 0.15) is 25.0 Å². The largest absolute Gasteiger partial charge is 0.494 e. The van der Waals surface area contributed by atoms with Gasteiger partial charge in [-0.2, -0.15) is 0 Å². The number of hydrogen-bond donors (Lipinski definition) is 1. The van der Waals surface area contributed by atoms with Gasteiger partial charge in [-0.25, -0.2) is 0 Å². The van der Waals surface area contributed by atoms with Crippen LogP contribution in [-0.2, 0) is 6.54 Å². The normalized spacial score (nSPS) is 15.0. The number of rotatable bonds is 4. The fraction of sp³-hybridized carbons (Fsp3) is 0.182. The zero-order valence-electron chi connectivity index (χ0n) is 15.6. The molecule has 1 aliphatic rings. The van der Waals surface area contributed by atoms with Gasteiger partial charge >= 0.3 is 0 Å². The van der Waals surface area contributed by atoms with Gasteiger partial charge in [0.2, 0.25) is 0 Å². The molecule has 1 aromatic heterocycles. The van der Waals surface area contributed by atoms with E-state index in [9.17, 15) is 0 Å². The highest BCUT2D eigenvalue weighted by atomic mass is 16.5. The van der Waals surface area contributed by atoms with Crippen LogP contribution in [0.15, 0.2) is 54.6 Å². The molecule has 0 aliphatic carbocycles. The molecule has 0 radical (unpaired) electrons. The van der Waals surface area contributed by atoms with Crippen molar-refractivity contribution in [2.45, 2.75) is 20.4 Å². The molecule has 3 aromatic rings. The Hall–Kier alpha value is -3.34. The van der Waals surface area contributed by atoms with E-state index in [1.165, 1.54) is 0 Å². The van der Waals surface area contributed by atoms with E-state index in [2.05, 4.69) is 53.3 Å². The monoisotopic (exact) mass is 358 g/mol. The Labute approximate surface area is 158 Å². The molecule has 0 unspecified atom stereocenters. The zero-order chi connectivity index (χ0) is 18.8. The van der Waals surface area contributed by atoms with Crippen LogP contribution < -0.4 is 21.0 Å². The molecule has 0 saturated carbocycles. The predicted molar refractivity (Wildman–Crippen MR) is 109 cm³/mol. The first kappa shape index (κ1) is 17.1. The van der Waals surface area contributed by atoms with Crippen molar-refractivity contribution in [2.75, 3.05) is 11.9 Å². The van der Waals surface area contributed by atoms with Crippen LogP contribution in [0, 0.1) is 0 Å². The summed E-state index contributed by atoms with van der Waals surface area (Å²) in [6.45, 7) is 9.46. The third kappa shape index (κ3) is 3.12. The van der Waals surface area contributed by atoms with E-state index >= 15 is 0 Å². The highest BCUT2D eigenvalue weighted by molar-refractivity contribution is 5.96. The predicted octanol–water partition coefficient (Wildman–Crippen LogP) is 2.77. The molecule has 0 saturated heterocycles. The van der Waals surface area contributed by atoms with Crippen molar-refractivity contribution in [3.05, 3.63) is 76.7 Å². The average molecular weight is 358 g/mol. The molecule has 2 heterocycles. The minimum Gasteiger partial charge on any atom is -0.494 e. The van der Waals surface area contributed by atoms with Crippen molar-refractivity contribution in [1.82, 2.24) is 14.8 Å². The van der Waals surface area contributed by atoms with E-state index in [0.29, 0.717) is 12.1 Å². The number of nitrogens with one attached hydrogen (secondary N) is 1. The van der Waals surface area contributed by atoms with Gasteiger partial charge in [-0.15, -0.1) is 10.2 Å². The van der Waals surface area contributed by atoms with Gasteiger partial charge < -0.3 is 14.6 Å². The summed E-state index contributed by atoms with van der Waals surface area (Å²) in [5, 5.41) is 12.1. The van der Waals surface area contributed by atoms with Crippen molar-refractivity contribution in [1.29, 1.82) is 0 Å². The number of hydrogen-bond acceptors (Lipinski definition) is 4. The van der Waals surface area contributed by atoms with Gasteiger partial charge in [0.05, 0.1) is 6.61 Å². The third-order valence-electron chi connectivity index (χ3n) is 4.62. The van der Waals surface area contributed by atoms with Gasteiger partial charge in [-0.1, -0.05) is 36.9 Å². The molecule has 2 aromatic carbocycles. The van der Waals surface area contributed by atoms with Gasteiger partial charge in [-0.3, -0.25) is 0 Å². The molecule has 0 spiro atoms. The lowest BCUT2D eigenvalue weighted by atomic mass is 9.97. The van der Waals surface area contributed by atoms with Crippen LogP contribution in [0.5, 0.6) is 5.75 Å². The van der Waals surface area contributed by atoms with Gasteiger partial charge in [0.15, 0.2) is 5.48 Å². The van der Waals surface area contributed by atoms with Crippen LogP contribution >= 0.6 is 0 Å². The minimum atomic E-state index is 0.641. The number of benzene rings is 2. The van der Waals surface area contributed by atoms with Crippen LogP contribution in [-0.4, -0.2) is 21.4 Å². The highest BCUT2D eigenvalue weighted by Gasteiger charge is 2.18. The Bertz CT molecular complexity index is 1130. The summed E-state index contributed by atoms with van der Waals surface area (Å²) in [6.07, 6.45) is 2.13. The maximum absolute atomic E-state index is 5.66. The van der Waals surface area contributed by atoms with Crippen molar-refractivity contribution >= 4 is 23.5 Å². The van der Waals surface area contributed by atoms with Crippen molar-refractivity contribution in [3.8, 4) is 5.75 Å². The topological polar surface area (TPSA) is 52.0 Å². The van der Waals surface area contributed by atoms with E-state index in [1.807, 2.05) is 41.8 Å². The molecule has 1 N–H and O–H groups in total. The van der Waals surface area contributed by atoms with Gasteiger partial charge in [-0.05, 0) is 38.1 Å². The first-order valence-electron chi connectivity index (χ1n) is 9.15. The Morgan fingerprint density at radius 1 is 1.07 bits per heavy atom. The first-order valence-corrected chi connectivity index (χ1v) is 9.15. The number of anilines is 1. The third-order valence-corrected chi connectivity index (χ3v) is 4.62. The van der Waals surface area contributed by atoms with Crippen LogP contribution in [0.3, 0.4) is 0 Å². The average Bonchev–Trinajstić information content (AvgIpc) is 3.08. The summed E-state index contributed by atoms with van der Waals surface area (Å²) < 4.78 is 7.69. The molecule has 0 fully saturated rings. The zero-order valence-corrected chi connectivity index (χ0v) is 15.6. The lowest BCUT2D eigenvalue weighted by molar-refractivity contribution is 0.340. The standard InChI is InChI=1S/C22H22N4O/c1-4-26-15(3)24-25-22(26)19-14-21(23-20-12-7-6-11-18(19)20)16-9-8-10-17(13-16)27-5-2/h6-14,23H,3-5H2,1-2H3. The fourth-order valence-electron chi connectivity index (χ4n) is 3.36. The van der Waals surface area contributed by atoms with Crippen LogP contribution in [0.4, 0.5) is 5.69 Å². The first-order chi connectivity index (χ1) is 13.2. The number of aromatic nitrogens is 3. The molecular weight excluding hydrogens is 336 g/mol. The molecule has 136 valence electrons. The Kier molecular flexibility index (Phi) is 4.50. The molecule has 5 heteroatoms.